The predicted molar refractivity (Wildman–Crippen MR) is 50.8 cm³/mol. The third-order valence-corrected chi connectivity index (χ3v) is 1.41. The number of methoxy groups -OCH3 is 1. The average molecular weight is 164 g/mol. The third kappa shape index (κ3) is 2.27. The molecule has 3 nitrogen and oxygen atoms in total. The fraction of sp³-hybridized carbons (Fsp3) is 0.222. The van der Waals surface area contributed by atoms with Gasteiger partial charge in [-0.1, -0.05) is 0 Å². The van der Waals surface area contributed by atoms with E-state index in [0.29, 0.717) is 0 Å². The van der Waals surface area contributed by atoms with Gasteiger partial charge in [0.1, 0.15) is 5.75 Å². The van der Waals surface area contributed by atoms with Crippen molar-refractivity contribution < 1.29 is 4.74 Å². The molecule has 1 aromatic carbocycles. The summed E-state index contributed by atoms with van der Waals surface area (Å²) in [5.74, 6) is 0.848. The molecule has 3 heteroatoms. The van der Waals surface area contributed by atoms with Crippen LogP contribution in [0.2, 0.25) is 0 Å². The van der Waals surface area contributed by atoms with Crippen LogP contribution in [0, 0.1) is 0 Å². The summed E-state index contributed by atoms with van der Waals surface area (Å²) in [4.78, 5) is 0. The molecular formula is C9H12N2O. The first-order valence-electron chi connectivity index (χ1n) is 3.74. The lowest BCUT2D eigenvalue weighted by atomic mass is 10.3. The molecule has 64 valence electrons. The number of hydrazone groups is 1. The van der Waals surface area contributed by atoms with E-state index in [9.17, 15) is 0 Å². The largest absolute Gasteiger partial charge is 0.497 e. The molecule has 0 aliphatic rings. The molecule has 0 aromatic heterocycles. The van der Waals surface area contributed by atoms with Gasteiger partial charge in [0, 0.05) is 6.21 Å². The van der Waals surface area contributed by atoms with Gasteiger partial charge in [-0.2, -0.15) is 5.10 Å². The van der Waals surface area contributed by atoms with Gasteiger partial charge in [0.05, 0.1) is 12.8 Å². The van der Waals surface area contributed by atoms with Gasteiger partial charge in [-0.3, -0.25) is 5.43 Å². The molecular weight excluding hydrogens is 152 g/mol. The van der Waals surface area contributed by atoms with Crippen LogP contribution in [0.3, 0.4) is 0 Å². The Kier molecular flexibility index (Phi) is 3.14. The van der Waals surface area contributed by atoms with Gasteiger partial charge in [0.15, 0.2) is 0 Å². The number of benzene rings is 1. The van der Waals surface area contributed by atoms with E-state index in [-0.39, 0.29) is 0 Å². The molecule has 0 heterocycles. The Morgan fingerprint density at radius 3 is 2.50 bits per heavy atom. The van der Waals surface area contributed by atoms with Crippen molar-refractivity contribution in [2.24, 2.45) is 5.10 Å². The SMILES string of the molecule is C/C=N/Nc1ccc(OC)cc1. The van der Waals surface area contributed by atoms with Crippen molar-refractivity contribution in [1.82, 2.24) is 0 Å². The minimum atomic E-state index is 0.848. The van der Waals surface area contributed by atoms with Crippen LogP contribution >= 0.6 is 0 Å². The standard InChI is InChI=1S/C9H12N2O/c1-3-10-11-8-4-6-9(12-2)7-5-8/h3-7,11H,1-2H3/b10-3+. The molecule has 0 saturated carbocycles. The molecule has 0 unspecified atom stereocenters. The maximum atomic E-state index is 5.01. The Labute approximate surface area is 72.1 Å². The second-order valence-electron chi connectivity index (χ2n) is 2.23. The van der Waals surface area contributed by atoms with Crippen LogP contribution in [0.5, 0.6) is 5.75 Å². The van der Waals surface area contributed by atoms with Crippen LogP contribution in [-0.2, 0) is 0 Å². The minimum Gasteiger partial charge on any atom is -0.497 e. The van der Waals surface area contributed by atoms with Crippen LogP contribution in [0.15, 0.2) is 29.4 Å². The number of anilines is 1. The molecule has 0 bridgehead atoms. The van der Waals surface area contributed by atoms with Crippen molar-refractivity contribution in [3.63, 3.8) is 0 Å². The van der Waals surface area contributed by atoms with E-state index >= 15 is 0 Å². The quantitative estimate of drug-likeness (QED) is 0.548. The Morgan fingerprint density at radius 2 is 2.00 bits per heavy atom. The smallest absolute Gasteiger partial charge is 0.119 e. The van der Waals surface area contributed by atoms with Crippen molar-refractivity contribution in [2.45, 2.75) is 6.92 Å². The monoisotopic (exact) mass is 164 g/mol. The summed E-state index contributed by atoms with van der Waals surface area (Å²) in [6.07, 6.45) is 1.70. The van der Waals surface area contributed by atoms with Crippen LogP contribution in [-0.4, -0.2) is 13.3 Å². The molecule has 0 saturated heterocycles. The summed E-state index contributed by atoms with van der Waals surface area (Å²) in [6.45, 7) is 1.86. The molecule has 12 heavy (non-hydrogen) atoms. The van der Waals surface area contributed by atoms with E-state index < -0.39 is 0 Å². The first-order valence-corrected chi connectivity index (χ1v) is 3.74. The Bertz CT molecular complexity index is 254. The zero-order chi connectivity index (χ0) is 8.81. The first kappa shape index (κ1) is 8.59. The Hall–Kier alpha value is -1.51. The Morgan fingerprint density at radius 1 is 1.33 bits per heavy atom. The zero-order valence-electron chi connectivity index (χ0n) is 7.24. The van der Waals surface area contributed by atoms with Crippen molar-refractivity contribution in [3.8, 4) is 5.75 Å². The Balaban J connectivity index is 2.64. The summed E-state index contributed by atoms with van der Waals surface area (Å²) < 4.78 is 5.01. The first-order chi connectivity index (χ1) is 5.86. The number of nitrogens with one attached hydrogen (secondary N) is 1. The van der Waals surface area contributed by atoms with E-state index in [1.807, 2.05) is 31.2 Å². The van der Waals surface area contributed by atoms with Crippen LogP contribution < -0.4 is 10.2 Å². The molecule has 1 N–H and O–H groups in total. The highest BCUT2D eigenvalue weighted by Gasteiger charge is 1.90. The molecule has 1 aromatic rings. The highest BCUT2D eigenvalue weighted by Crippen LogP contribution is 2.14. The number of rotatable bonds is 3. The highest BCUT2D eigenvalue weighted by atomic mass is 16.5. The molecule has 0 atom stereocenters. The van der Waals surface area contributed by atoms with Gasteiger partial charge >= 0.3 is 0 Å². The maximum absolute atomic E-state index is 5.01. The number of ether oxygens (including phenoxy) is 1. The summed E-state index contributed by atoms with van der Waals surface area (Å²) >= 11 is 0. The molecule has 0 spiro atoms. The van der Waals surface area contributed by atoms with Gasteiger partial charge in [-0.25, -0.2) is 0 Å². The van der Waals surface area contributed by atoms with Gasteiger partial charge in [-0.05, 0) is 31.2 Å². The van der Waals surface area contributed by atoms with Gasteiger partial charge in [-0.15, -0.1) is 0 Å². The molecule has 0 aliphatic heterocycles. The summed E-state index contributed by atoms with van der Waals surface area (Å²) in [5, 5.41) is 3.88. The van der Waals surface area contributed by atoms with Crippen molar-refractivity contribution >= 4 is 11.9 Å². The highest BCUT2D eigenvalue weighted by molar-refractivity contribution is 5.56. The molecule has 0 fully saturated rings. The van der Waals surface area contributed by atoms with Crippen LogP contribution in [0.4, 0.5) is 5.69 Å². The third-order valence-electron chi connectivity index (χ3n) is 1.41. The predicted octanol–water partition coefficient (Wildman–Crippen LogP) is 2.11. The second kappa shape index (κ2) is 4.38. The molecule has 0 radical (unpaired) electrons. The summed E-state index contributed by atoms with van der Waals surface area (Å²) in [6, 6.07) is 7.58. The lowest BCUT2D eigenvalue weighted by Gasteiger charge is -2.01. The van der Waals surface area contributed by atoms with Crippen LogP contribution in [0.25, 0.3) is 0 Å². The maximum Gasteiger partial charge on any atom is 0.119 e. The zero-order valence-corrected chi connectivity index (χ0v) is 7.24. The van der Waals surface area contributed by atoms with Crippen molar-refractivity contribution in [3.05, 3.63) is 24.3 Å². The molecule has 0 aliphatic carbocycles. The number of nitrogens with zero attached hydrogens (tertiary/aromatic N) is 1. The van der Waals surface area contributed by atoms with Gasteiger partial charge < -0.3 is 4.74 Å². The van der Waals surface area contributed by atoms with Crippen LogP contribution in [0.1, 0.15) is 6.92 Å². The normalized spacial score (nSPS) is 10.2. The van der Waals surface area contributed by atoms with E-state index in [1.165, 1.54) is 0 Å². The molecule has 1 rings (SSSR count). The van der Waals surface area contributed by atoms with Gasteiger partial charge in [0.2, 0.25) is 0 Å². The fourth-order valence-electron chi connectivity index (χ4n) is 0.805. The van der Waals surface area contributed by atoms with Gasteiger partial charge in [0.25, 0.3) is 0 Å². The average Bonchev–Trinajstić information content (AvgIpc) is 2.15. The summed E-state index contributed by atoms with van der Waals surface area (Å²) in [7, 11) is 1.65. The van der Waals surface area contributed by atoms with E-state index in [1.54, 1.807) is 13.3 Å². The minimum absolute atomic E-state index is 0.848. The fourth-order valence-corrected chi connectivity index (χ4v) is 0.805. The number of hydrogen-bond donors (Lipinski definition) is 1. The second-order valence-corrected chi connectivity index (χ2v) is 2.23. The topological polar surface area (TPSA) is 33.6 Å². The van der Waals surface area contributed by atoms with E-state index in [0.717, 1.165) is 11.4 Å². The number of hydrogen-bond acceptors (Lipinski definition) is 3. The molecule has 0 amide bonds. The van der Waals surface area contributed by atoms with E-state index in [2.05, 4.69) is 10.5 Å². The van der Waals surface area contributed by atoms with Crippen molar-refractivity contribution in [2.75, 3.05) is 12.5 Å². The summed E-state index contributed by atoms with van der Waals surface area (Å²) in [5.41, 5.74) is 3.81. The lowest BCUT2D eigenvalue weighted by molar-refractivity contribution is 0.415. The van der Waals surface area contributed by atoms with Crippen molar-refractivity contribution in [1.29, 1.82) is 0 Å². The lowest BCUT2D eigenvalue weighted by Crippen LogP contribution is -1.88. The van der Waals surface area contributed by atoms with E-state index in [4.69, 9.17) is 4.74 Å².